The maximum absolute atomic E-state index is 13.1. The van der Waals surface area contributed by atoms with Crippen LogP contribution in [0.5, 0.6) is 0 Å². The molecule has 1 aliphatic heterocycles. The van der Waals surface area contributed by atoms with Crippen LogP contribution in [-0.2, 0) is 24.2 Å². The number of aromatic nitrogens is 4. The molecule has 1 saturated heterocycles. The number of nitrogens with zero attached hydrogens (tertiary/aromatic N) is 5. The average molecular weight is 488 g/mol. The third kappa shape index (κ3) is 5.45. The first-order valence-corrected chi connectivity index (χ1v) is 12.7. The Morgan fingerprint density at radius 3 is 2.55 bits per heavy atom. The van der Waals surface area contributed by atoms with Gasteiger partial charge in [0, 0.05) is 48.2 Å². The van der Waals surface area contributed by atoms with Crippen molar-refractivity contribution in [3.63, 3.8) is 0 Å². The summed E-state index contributed by atoms with van der Waals surface area (Å²) in [6.45, 7) is 10.8. The number of benzene rings is 1. The Bertz CT molecular complexity index is 1100. The second kappa shape index (κ2) is 10.8. The Labute approximate surface area is 204 Å². The quantitative estimate of drug-likeness (QED) is 0.329. The van der Waals surface area contributed by atoms with Gasteiger partial charge in [-0.3, -0.25) is 9.36 Å². The van der Waals surface area contributed by atoms with Gasteiger partial charge in [0.05, 0.1) is 19.0 Å². The SMILES string of the molecule is CCn1c(SCC(=O)c2cc(C)n(CCc3ccc(Cl)cc3)c2C)nnc1N1CCOCC1. The van der Waals surface area contributed by atoms with Gasteiger partial charge in [0.25, 0.3) is 0 Å². The highest BCUT2D eigenvalue weighted by Crippen LogP contribution is 2.25. The second-order valence-electron chi connectivity index (χ2n) is 8.15. The number of carbonyl (C=O) groups excluding carboxylic acids is 1. The number of thioether (sulfide) groups is 1. The zero-order chi connectivity index (χ0) is 23.4. The van der Waals surface area contributed by atoms with E-state index in [2.05, 4.69) is 38.1 Å². The number of Topliss-reactive ketones (excluding diaryl/α,β-unsaturated/α-hetero) is 1. The van der Waals surface area contributed by atoms with Crippen LogP contribution in [0.25, 0.3) is 0 Å². The van der Waals surface area contributed by atoms with E-state index < -0.39 is 0 Å². The molecule has 3 heterocycles. The molecule has 4 rings (SSSR count). The predicted octanol–water partition coefficient (Wildman–Crippen LogP) is 4.42. The number of hydrogen-bond acceptors (Lipinski definition) is 6. The van der Waals surface area contributed by atoms with Crippen LogP contribution >= 0.6 is 23.4 Å². The molecule has 9 heteroatoms. The van der Waals surface area contributed by atoms with Crippen molar-refractivity contribution >= 4 is 35.1 Å². The molecule has 1 aliphatic rings. The lowest BCUT2D eigenvalue weighted by Crippen LogP contribution is -2.38. The molecule has 0 saturated carbocycles. The highest BCUT2D eigenvalue weighted by atomic mass is 35.5. The highest BCUT2D eigenvalue weighted by Gasteiger charge is 2.21. The molecule has 176 valence electrons. The lowest BCUT2D eigenvalue weighted by Gasteiger charge is -2.27. The Morgan fingerprint density at radius 1 is 1.12 bits per heavy atom. The lowest BCUT2D eigenvalue weighted by molar-refractivity contribution is 0.102. The molecule has 0 spiro atoms. The fourth-order valence-corrected chi connectivity index (χ4v) is 5.20. The fourth-order valence-electron chi connectivity index (χ4n) is 4.19. The number of aryl methyl sites for hydroxylation is 2. The zero-order valence-corrected chi connectivity index (χ0v) is 21.0. The molecule has 2 aromatic heterocycles. The lowest BCUT2D eigenvalue weighted by atomic mass is 10.1. The molecule has 1 fully saturated rings. The van der Waals surface area contributed by atoms with Gasteiger partial charge in [0.1, 0.15) is 0 Å². The number of halogens is 1. The minimum absolute atomic E-state index is 0.115. The monoisotopic (exact) mass is 487 g/mol. The van der Waals surface area contributed by atoms with Crippen molar-refractivity contribution in [3.8, 4) is 0 Å². The number of rotatable bonds is 9. The molecule has 33 heavy (non-hydrogen) atoms. The van der Waals surface area contributed by atoms with Gasteiger partial charge in [-0.2, -0.15) is 0 Å². The first kappa shape index (κ1) is 23.9. The summed E-state index contributed by atoms with van der Waals surface area (Å²) in [7, 11) is 0. The van der Waals surface area contributed by atoms with Gasteiger partial charge in [-0.1, -0.05) is 35.5 Å². The van der Waals surface area contributed by atoms with Crippen molar-refractivity contribution in [2.45, 2.75) is 45.4 Å². The van der Waals surface area contributed by atoms with E-state index in [0.717, 1.165) is 65.7 Å². The van der Waals surface area contributed by atoms with E-state index in [1.165, 1.54) is 17.3 Å². The summed E-state index contributed by atoms with van der Waals surface area (Å²) < 4.78 is 9.74. The predicted molar refractivity (Wildman–Crippen MR) is 133 cm³/mol. The number of carbonyl (C=O) groups is 1. The van der Waals surface area contributed by atoms with Crippen molar-refractivity contribution in [2.24, 2.45) is 0 Å². The average Bonchev–Trinajstić information content (AvgIpc) is 3.37. The standard InChI is InChI=1S/C24H30ClN5O2S/c1-4-29-23(28-11-13-32-14-12-28)26-27-24(29)33-16-22(31)21-15-17(2)30(18(21)3)10-9-19-5-7-20(25)8-6-19/h5-8,15H,4,9-14,16H2,1-3H3. The molecule has 0 radical (unpaired) electrons. The summed E-state index contributed by atoms with van der Waals surface area (Å²) in [5.74, 6) is 1.31. The van der Waals surface area contributed by atoms with Crippen molar-refractivity contribution < 1.29 is 9.53 Å². The molecule has 3 aromatic rings. The summed E-state index contributed by atoms with van der Waals surface area (Å²) in [6.07, 6.45) is 0.889. The Kier molecular flexibility index (Phi) is 7.78. The molecule has 0 N–H and O–H groups in total. The van der Waals surface area contributed by atoms with E-state index in [4.69, 9.17) is 16.3 Å². The highest BCUT2D eigenvalue weighted by molar-refractivity contribution is 7.99. The van der Waals surface area contributed by atoms with Gasteiger partial charge >= 0.3 is 0 Å². The van der Waals surface area contributed by atoms with E-state index in [1.807, 2.05) is 37.3 Å². The number of ether oxygens (including phenoxy) is 1. The van der Waals surface area contributed by atoms with Crippen LogP contribution in [0.15, 0.2) is 35.5 Å². The third-order valence-corrected chi connectivity index (χ3v) is 7.27. The van der Waals surface area contributed by atoms with Crippen LogP contribution < -0.4 is 4.90 Å². The van der Waals surface area contributed by atoms with Crippen molar-refractivity contribution in [1.82, 2.24) is 19.3 Å². The van der Waals surface area contributed by atoms with Gasteiger partial charge in [0.15, 0.2) is 10.9 Å². The van der Waals surface area contributed by atoms with E-state index in [9.17, 15) is 4.79 Å². The largest absolute Gasteiger partial charge is 0.378 e. The maximum Gasteiger partial charge on any atom is 0.228 e. The van der Waals surface area contributed by atoms with Crippen molar-refractivity contribution in [2.75, 3.05) is 37.0 Å². The van der Waals surface area contributed by atoms with Crippen molar-refractivity contribution in [1.29, 1.82) is 0 Å². The molecule has 0 amide bonds. The number of ketones is 1. The first-order valence-electron chi connectivity index (χ1n) is 11.3. The minimum Gasteiger partial charge on any atom is -0.378 e. The number of hydrogen-bond donors (Lipinski definition) is 0. The Morgan fingerprint density at radius 2 is 1.85 bits per heavy atom. The molecule has 7 nitrogen and oxygen atoms in total. The Balaban J connectivity index is 1.41. The van der Waals surface area contributed by atoms with Crippen LogP contribution in [0, 0.1) is 13.8 Å². The normalized spacial score (nSPS) is 14.1. The second-order valence-corrected chi connectivity index (χ2v) is 9.53. The number of morpholine rings is 1. The summed E-state index contributed by atoms with van der Waals surface area (Å²) >= 11 is 7.44. The topological polar surface area (TPSA) is 65.2 Å². The van der Waals surface area contributed by atoms with E-state index in [1.54, 1.807) is 0 Å². The summed E-state index contributed by atoms with van der Waals surface area (Å²) in [5.41, 5.74) is 4.12. The first-order chi connectivity index (χ1) is 16.0. The maximum atomic E-state index is 13.1. The molecule has 0 atom stereocenters. The molecule has 1 aromatic carbocycles. The minimum atomic E-state index is 0.115. The smallest absolute Gasteiger partial charge is 0.228 e. The molecule has 0 unspecified atom stereocenters. The van der Waals surface area contributed by atoms with Crippen LogP contribution in [0.3, 0.4) is 0 Å². The zero-order valence-electron chi connectivity index (χ0n) is 19.4. The van der Waals surface area contributed by atoms with E-state index >= 15 is 0 Å². The van der Waals surface area contributed by atoms with Crippen molar-refractivity contribution in [3.05, 3.63) is 57.9 Å². The Hall–Kier alpha value is -2.29. The van der Waals surface area contributed by atoms with Gasteiger partial charge in [-0.25, -0.2) is 0 Å². The van der Waals surface area contributed by atoms with Crippen LogP contribution in [0.1, 0.15) is 34.2 Å². The molecule has 0 aliphatic carbocycles. The summed E-state index contributed by atoms with van der Waals surface area (Å²) in [4.78, 5) is 15.3. The molecular weight excluding hydrogens is 458 g/mol. The van der Waals surface area contributed by atoms with Gasteiger partial charge < -0.3 is 14.2 Å². The molecule has 0 bridgehead atoms. The van der Waals surface area contributed by atoms with Gasteiger partial charge in [0.2, 0.25) is 5.95 Å². The van der Waals surface area contributed by atoms with Crippen LogP contribution in [0.2, 0.25) is 5.02 Å². The van der Waals surface area contributed by atoms with Crippen LogP contribution in [-0.4, -0.2) is 57.2 Å². The van der Waals surface area contributed by atoms with Gasteiger partial charge in [-0.05, 0) is 51.0 Å². The number of anilines is 1. The summed E-state index contributed by atoms with van der Waals surface area (Å²) in [6, 6.07) is 9.93. The van der Waals surface area contributed by atoms with E-state index in [0.29, 0.717) is 19.0 Å². The summed E-state index contributed by atoms with van der Waals surface area (Å²) in [5, 5.41) is 10.3. The van der Waals surface area contributed by atoms with Gasteiger partial charge in [-0.15, -0.1) is 10.2 Å². The molecular formula is C24H30ClN5O2S. The van der Waals surface area contributed by atoms with Crippen LogP contribution in [0.4, 0.5) is 5.95 Å². The third-order valence-electron chi connectivity index (χ3n) is 6.05. The van der Waals surface area contributed by atoms with E-state index in [-0.39, 0.29) is 5.78 Å². The fraction of sp³-hybridized carbons (Fsp3) is 0.458.